The van der Waals surface area contributed by atoms with Crippen LogP contribution in [-0.4, -0.2) is 35.0 Å². The molecule has 1 aromatic rings. The molecule has 5 nitrogen and oxygen atoms in total. The van der Waals surface area contributed by atoms with Crippen molar-refractivity contribution < 1.29 is 19.1 Å². The van der Waals surface area contributed by atoms with E-state index < -0.39 is 5.97 Å². The Morgan fingerprint density at radius 3 is 2.65 bits per heavy atom. The van der Waals surface area contributed by atoms with Gasteiger partial charge in [-0.1, -0.05) is 0 Å². The van der Waals surface area contributed by atoms with E-state index in [4.69, 9.17) is 9.52 Å². The Morgan fingerprint density at radius 1 is 1.30 bits per heavy atom. The van der Waals surface area contributed by atoms with Crippen LogP contribution in [0.1, 0.15) is 37.9 Å². The van der Waals surface area contributed by atoms with Gasteiger partial charge < -0.3 is 14.4 Å². The molecule has 0 aromatic carbocycles. The molecule has 0 unspecified atom stereocenters. The number of rotatable bonds is 6. The van der Waals surface area contributed by atoms with Gasteiger partial charge in [0.1, 0.15) is 5.76 Å². The normalized spacial score (nSPS) is 16.3. The Balaban J connectivity index is 1.67. The Hall–Kier alpha value is -1.78. The highest BCUT2D eigenvalue weighted by Gasteiger charge is 2.22. The topological polar surface area (TPSA) is 70.8 Å². The first-order chi connectivity index (χ1) is 9.65. The lowest BCUT2D eigenvalue weighted by molar-refractivity contribution is -0.138. The van der Waals surface area contributed by atoms with E-state index in [1.165, 1.54) is 0 Å². The molecule has 1 aliphatic rings. The third-order valence-corrected chi connectivity index (χ3v) is 3.90. The maximum absolute atomic E-state index is 12.1. The van der Waals surface area contributed by atoms with Gasteiger partial charge in [0.25, 0.3) is 0 Å². The van der Waals surface area contributed by atoms with Crippen LogP contribution in [0.25, 0.3) is 0 Å². The first-order valence-electron chi connectivity index (χ1n) is 7.17. The SMILES string of the molecule is O=C(O)CCC1CCN(C(=O)CCc2ccco2)CC1. The van der Waals surface area contributed by atoms with E-state index in [2.05, 4.69) is 0 Å². The standard InChI is InChI=1S/C15H21NO4/c17-14(5-4-13-2-1-11-20-13)16-9-7-12(8-10-16)3-6-15(18)19/h1-2,11-12H,3-10H2,(H,18,19). The second-order valence-electron chi connectivity index (χ2n) is 5.34. The quantitative estimate of drug-likeness (QED) is 0.867. The molecule has 1 amide bonds. The summed E-state index contributed by atoms with van der Waals surface area (Å²) in [4.78, 5) is 24.5. The number of aryl methyl sites for hydroxylation is 1. The lowest BCUT2D eigenvalue weighted by atomic mass is 9.92. The zero-order valence-corrected chi connectivity index (χ0v) is 11.6. The van der Waals surface area contributed by atoms with Crippen LogP contribution in [-0.2, 0) is 16.0 Å². The van der Waals surface area contributed by atoms with Crippen molar-refractivity contribution in [3.63, 3.8) is 0 Å². The Morgan fingerprint density at radius 2 is 2.05 bits per heavy atom. The van der Waals surface area contributed by atoms with Crippen molar-refractivity contribution in [2.24, 2.45) is 5.92 Å². The Kier molecular flexibility index (Phi) is 5.21. The number of carbonyl (C=O) groups excluding carboxylic acids is 1. The number of hydrogen-bond acceptors (Lipinski definition) is 3. The van der Waals surface area contributed by atoms with Crippen LogP contribution in [0.4, 0.5) is 0 Å². The van der Waals surface area contributed by atoms with Crippen molar-refractivity contribution in [2.75, 3.05) is 13.1 Å². The van der Waals surface area contributed by atoms with Gasteiger partial charge in [0.15, 0.2) is 0 Å². The molecule has 1 fully saturated rings. The van der Waals surface area contributed by atoms with E-state index in [9.17, 15) is 9.59 Å². The van der Waals surface area contributed by atoms with Crippen LogP contribution >= 0.6 is 0 Å². The lowest BCUT2D eigenvalue weighted by Crippen LogP contribution is -2.38. The van der Waals surface area contributed by atoms with Crippen LogP contribution in [0.2, 0.25) is 0 Å². The number of carboxylic acid groups (broad SMARTS) is 1. The number of piperidine rings is 1. The first-order valence-corrected chi connectivity index (χ1v) is 7.17. The molecular formula is C15H21NO4. The van der Waals surface area contributed by atoms with Crippen molar-refractivity contribution in [1.29, 1.82) is 0 Å². The predicted molar refractivity (Wildman–Crippen MR) is 73.2 cm³/mol. The Labute approximate surface area is 118 Å². The van der Waals surface area contributed by atoms with Crippen molar-refractivity contribution in [3.05, 3.63) is 24.2 Å². The maximum atomic E-state index is 12.1. The van der Waals surface area contributed by atoms with E-state index in [1.54, 1.807) is 6.26 Å². The number of amides is 1. The van der Waals surface area contributed by atoms with Gasteiger partial charge >= 0.3 is 5.97 Å². The molecule has 1 aromatic heterocycles. The molecule has 20 heavy (non-hydrogen) atoms. The summed E-state index contributed by atoms with van der Waals surface area (Å²) in [7, 11) is 0. The summed E-state index contributed by atoms with van der Waals surface area (Å²) in [6.45, 7) is 1.50. The fourth-order valence-corrected chi connectivity index (χ4v) is 2.64. The third kappa shape index (κ3) is 4.40. The van der Waals surface area contributed by atoms with Crippen LogP contribution in [0, 0.1) is 5.92 Å². The highest BCUT2D eigenvalue weighted by atomic mass is 16.4. The fourth-order valence-electron chi connectivity index (χ4n) is 2.64. The van der Waals surface area contributed by atoms with Gasteiger partial charge in [-0.2, -0.15) is 0 Å². The fraction of sp³-hybridized carbons (Fsp3) is 0.600. The van der Waals surface area contributed by atoms with Crippen molar-refractivity contribution in [3.8, 4) is 0 Å². The molecule has 0 bridgehead atoms. The van der Waals surface area contributed by atoms with Crippen molar-refractivity contribution >= 4 is 11.9 Å². The van der Waals surface area contributed by atoms with E-state index in [0.717, 1.165) is 38.1 Å². The summed E-state index contributed by atoms with van der Waals surface area (Å²) in [6, 6.07) is 3.71. The van der Waals surface area contributed by atoms with Crippen LogP contribution in [0.15, 0.2) is 22.8 Å². The zero-order valence-electron chi connectivity index (χ0n) is 11.6. The molecule has 0 saturated carbocycles. The van der Waals surface area contributed by atoms with Crippen molar-refractivity contribution in [2.45, 2.75) is 38.5 Å². The molecule has 0 radical (unpaired) electrons. The second kappa shape index (κ2) is 7.12. The smallest absolute Gasteiger partial charge is 0.303 e. The van der Waals surface area contributed by atoms with Gasteiger partial charge in [0.2, 0.25) is 5.91 Å². The summed E-state index contributed by atoms with van der Waals surface area (Å²) in [5, 5.41) is 8.67. The average molecular weight is 279 g/mol. The van der Waals surface area contributed by atoms with E-state index in [0.29, 0.717) is 18.8 Å². The number of likely N-dealkylation sites (tertiary alicyclic amines) is 1. The van der Waals surface area contributed by atoms with Crippen molar-refractivity contribution in [1.82, 2.24) is 4.90 Å². The minimum absolute atomic E-state index is 0.165. The summed E-state index contributed by atoms with van der Waals surface area (Å²) >= 11 is 0. The molecule has 5 heteroatoms. The van der Waals surface area contributed by atoms with E-state index in [-0.39, 0.29) is 12.3 Å². The maximum Gasteiger partial charge on any atom is 0.303 e. The predicted octanol–water partition coefficient (Wildman–Crippen LogP) is 2.32. The number of aliphatic carboxylic acids is 1. The van der Waals surface area contributed by atoms with Crippen LogP contribution < -0.4 is 0 Å². The molecular weight excluding hydrogens is 258 g/mol. The lowest BCUT2D eigenvalue weighted by Gasteiger charge is -2.31. The van der Waals surface area contributed by atoms with Gasteiger partial charge in [0.05, 0.1) is 6.26 Å². The van der Waals surface area contributed by atoms with E-state index in [1.807, 2.05) is 17.0 Å². The van der Waals surface area contributed by atoms with E-state index >= 15 is 0 Å². The average Bonchev–Trinajstić information content (AvgIpc) is 2.96. The summed E-state index contributed by atoms with van der Waals surface area (Å²) in [5.41, 5.74) is 0. The molecule has 1 saturated heterocycles. The van der Waals surface area contributed by atoms with Gasteiger partial charge in [-0.05, 0) is 37.3 Å². The molecule has 1 N–H and O–H groups in total. The molecule has 0 atom stereocenters. The summed E-state index contributed by atoms with van der Waals surface area (Å²) in [6.07, 6.45) is 5.53. The van der Waals surface area contributed by atoms with Gasteiger partial charge in [-0.3, -0.25) is 9.59 Å². The summed E-state index contributed by atoms with van der Waals surface area (Å²) in [5.74, 6) is 0.718. The van der Waals surface area contributed by atoms with Gasteiger partial charge in [0, 0.05) is 32.4 Å². The minimum Gasteiger partial charge on any atom is -0.481 e. The molecule has 2 heterocycles. The van der Waals surface area contributed by atoms with Gasteiger partial charge in [-0.25, -0.2) is 0 Å². The number of carboxylic acids is 1. The van der Waals surface area contributed by atoms with Crippen LogP contribution in [0.5, 0.6) is 0 Å². The molecule has 1 aliphatic heterocycles. The highest BCUT2D eigenvalue weighted by Crippen LogP contribution is 2.22. The summed E-state index contributed by atoms with van der Waals surface area (Å²) < 4.78 is 5.22. The van der Waals surface area contributed by atoms with Gasteiger partial charge in [-0.15, -0.1) is 0 Å². The second-order valence-corrected chi connectivity index (χ2v) is 5.34. The largest absolute Gasteiger partial charge is 0.481 e. The molecule has 2 rings (SSSR count). The molecule has 110 valence electrons. The molecule has 0 aliphatic carbocycles. The Bertz CT molecular complexity index is 433. The third-order valence-electron chi connectivity index (χ3n) is 3.90. The monoisotopic (exact) mass is 279 g/mol. The number of hydrogen-bond donors (Lipinski definition) is 1. The minimum atomic E-state index is -0.734. The number of nitrogens with zero attached hydrogens (tertiary/aromatic N) is 1. The highest BCUT2D eigenvalue weighted by molar-refractivity contribution is 5.76. The zero-order chi connectivity index (χ0) is 14.4. The van der Waals surface area contributed by atoms with Crippen LogP contribution in [0.3, 0.4) is 0 Å². The number of furan rings is 1. The molecule has 0 spiro atoms. The first kappa shape index (κ1) is 14.6. The number of carbonyl (C=O) groups is 2.